The highest BCUT2D eigenvalue weighted by Gasteiger charge is 2.32. The first-order valence-electron chi connectivity index (χ1n) is 10.3. The van der Waals surface area contributed by atoms with Crippen molar-refractivity contribution in [2.24, 2.45) is 11.7 Å². The van der Waals surface area contributed by atoms with Crippen LogP contribution in [0.4, 0.5) is 0 Å². The SMILES string of the molecule is CC(C(=O)N1CCCC(C(N)=O)C1)N1CCN(CCOc2ccccc2)CC1. The molecule has 1 aromatic rings. The predicted molar refractivity (Wildman–Crippen MR) is 108 cm³/mol. The van der Waals surface area contributed by atoms with Crippen LogP contribution >= 0.6 is 0 Å². The summed E-state index contributed by atoms with van der Waals surface area (Å²) in [5, 5.41) is 0. The number of rotatable bonds is 7. The number of hydrogen-bond donors (Lipinski definition) is 1. The first kappa shape index (κ1) is 20.6. The summed E-state index contributed by atoms with van der Waals surface area (Å²) >= 11 is 0. The van der Waals surface area contributed by atoms with E-state index in [2.05, 4.69) is 9.80 Å². The molecule has 2 unspecified atom stereocenters. The maximum atomic E-state index is 12.9. The Balaban J connectivity index is 1.40. The van der Waals surface area contributed by atoms with Crippen molar-refractivity contribution in [1.29, 1.82) is 0 Å². The van der Waals surface area contributed by atoms with Crippen LogP contribution in [0.25, 0.3) is 0 Å². The lowest BCUT2D eigenvalue weighted by Crippen LogP contribution is -2.56. The van der Waals surface area contributed by atoms with Gasteiger partial charge in [-0.1, -0.05) is 18.2 Å². The first-order valence-corrected chi connectivity index (χ1v) is 10.3. The second-order valence-electron chi connectivity index (χ2n) is 7.74. The van der Waals surface area contributed by atoms with Gasteiger partial charge < -0.3 is 15.4 Å². The molecule has 3 rings (SSSR count). The summed E-state index contributed by atoms with van der Waals surface area (Å²) in [5.41, 5.74) is 5.44. The van der Waals surface area contributed by atoms with Crippen molar-refractivity contribution in [3.63, 3.8) is 0 Å². The Bertz CT molecular complexity index is 646. The van der Waals surface area contributed by atoms with E-state index < -0.39 is 0 Å². The van der Waals surface area contributed by atoms with Crippen LogP contribution in [0.2, 0.25) is 0 Å². The van der Waals surface area contributed by atoms with Gasteiger partial charge in [0.1, 0.15) is 12.4 Å². The zero-order chi connectivity index (χ0) is 19.9. The minimum atomic E-state index is -0.295. The van der Waals surface area contributed by atoms with Gasteiger partial charge in [-0.05, 0) is 31.9 Å². The zero-order valence-corrected chi connectivity index (χ0v) is 16.8. The number of carbonyl (C=O) groups is 2. The minimum absolute atomic E-state index is 0.117. The normalized spacial score (nSPS) is 22.6. The van der Waals surface area contributed by atoms with Gasteiger partial charge in [0.25, 0.3) is 0 Å². The number of likely N-dealkylation sites (tertiary alicyclic amines) is 1. The lowest BCUT2D eigenvalue weighted by molar-refractivity contribution is -0.140. The van der Waals surface area contributed by atoms with E-state index in [9.17, 15) is 9.59 Å². The fraction of sp³-hybridized carbons (Fsp3) is 0.619. The van der Waals surface area contributed by atoms with Crippen LogP contribution in [-0.4, -0.2) is 85.0 Å². The molecule has 0 saturated carbocycles. The van der Waals surface area contributed by atoms with Gasteiger partial charge in [-0.3, -0.25) is 19.4 Å². The maximum Gasteiger partial charge on any atom is 0.239 e. The fourth-order valence-corrected chi connectivity index (χ4v) is 4.01. The smallest absolute Gasteiger partial charge is 0.239 e. The Morgan fingerprint density at radius 2 is 1.86 bits per heavy atom. The predicted octanol–water partition coefficient (Wildman–Crippen LogP) is 0.795. The molecular formula is C21H32N4O3. The van der Waals surface area contributed by atoms with Crippen LogP contribution in [0, 0.1) is 5.92 Å². The number of piperazine rings is 1. The van der Waals surface area contributed by atoms with Crippen LogP contribution in [0.15, 0.2) is 30.3 Å². The number of amides is 2. The largest absolute Gasteiger partial charge is 0.492 e. The number of para-hydroxylation sites is 1. The van der Waals surface area contributed by atoms with Crippen LogP contribution in [-0.2, 0) is 9.59 Å². The van der Waals surface area contributed by atoms with Gasteiger partial charge in [-0.2, -0.15) is 0 Å². The molecule has 0 aliphatic carbocycles. The van der Waals surface area contributed by atoms with Crippen molar-refractivity contribution in [2.75, 3.05) is 52.4 Å². The molecule has 0 bridgehead atoms. The molecule has 2 saturated heterocycles. The Kier molecular flexibility index (Phi) is 7.28. The van der Waals surface area contributed by atoms with E-state index in [1.165, 1.54) is 0 Å². The summed E-state index contributed by atoms with van der Waals surface area (Å²) < 4.78 is 5.78. The van der Waals surface area contributed by atoms with E-state index in [-0.39, 0.29) is 23.8 Å². The molecule has 2 aliphatic heterocycles. The van der Waals surface area contributed by atoms with Crippen molar-refractivity contribution in [3.05, 3.63) is 30.3 Å². The highest BCUT2D eigenvalue weighted by Crippen LogP contribution is 2.18. The Labute approximate surface area is 167 Å². The van der Waals surface area contributed by atoms with Crippen molar-refractivity contribution in [1.82, 2.24) is 14.7 Å². The molecule has 7 heteroatoms. The lowest BCUT2D eigenvalue weighted by Gasteiger charge is -2.40. The van der Waals surface area contributed by atoms with E-state index >= 15 is 0 Å². The minimum Gasteiger partial charge on any atom is -0.492 e. The average Bonchev–Trinajstić information content (AvgIpc) is 2.74. The third-order valence-corrected chi connectivity index (χ3v) is 5.87. The Hall–Kier alpha value is -2.12. The summed E-state index contributed by atoms with van der Waals surface area (Å²) in [6, 6.07) is 9.70. The number of nitrogens with zero attached hydrogens (tertiary/aromatic N) is 3. The molecule has 28 heavy (non-hydrogen) atoms. The number of ether oxygens (including phenoxy) is 1. The van der Waals surface area contributed by atoms with Gasteiger partial charge in [0, 0.05) is 45.8 Å². The number of primary amides is 1. The fourth-order valence-electron chi connectivity index (χ4n) is 4.01. The van der Waals surface area contributed by atoms with E-state index in [1.807, 2.05) is 42.2 Å². The first-order chi connectivity index (χ1) is 13.5. The average molecular weight is 389 g/mol. The lowest BCUT2D eigenvalue weighted by atomic mass is 9.97. The molecule has 2 atom stereocenters. The number of nitrogens with two attached hydrogens (primary N) is 1. The third kappa shape index (κ3) is 5.45. The van der Waals surface area contributed by atoms with Gasteiger partial charge in [0.05, 0.1) is 12.0 Å². The third-order valence-electron chi connectivity index (χ3n) is 5.87. The topological polar surface area (TPSA) is 79.1 Å². The maximum absolute atomic E-state index is 12.9. The molecule has 0 spiro atoms. The van der Waals surface area contributed by atoms with E-state index in [0.717, 1.165) is 57.9 Å². The molecule has 0 aromatic heterocycles. The molecule has 2 heterocycles. The molecule has 2 amide bonds. The van der Waals surface area contributed by atoms with Crippen molar-refractivity contribution >= 4 is 11.8 Å². The van der Waals surface area contributed by atoms with Gasteiger partial charge in [0.2, 0.25) is 11.8 Å². The summed E-state index contributed by atoms with van der Waals surface area (Å²) in [4.78, 5) is 30.8. The molecule has 154 valence electrons. The highest BCUT2D eigenvalue weighted by molar-refractivity contribution is 5.83. The number of hydrogen-bond acceptors (Lipinski definition) is 5. The molecule has 7 nitrogen and oxygen atoms in total. The molecule has 2 aliphatic rings. The van der Waals surface area contributed by atoms with Crippen molar-refractivity contribution < 1.29 is 14.3 Å². The van der Waals surface area contributed by atoms with E-state index in [1.54, 1.807) is 0 Å². The summed E-state index contributed by atoms with van der Waals surface area (Å²) in [5.74, 6) is 0.519. The molecule has 1 aromatic carbocycles. The van der Waals surface area contributed by atoms with E-state index in [4.69, 9.17) is 10.5 Å². The van der Waals surface area contributed by atoms with Gasteiger partial charge in [0.15, 0.2) is 0 Å². The van der Waals surface area contributed by atoms with E-state index in [0.29, 0.717) is 13.2 Å². The molecule has 2 N–H and O–H groups in total. The van der Waals surface area contributed by atoms with Crippen LogP contribution in [0.1, 0.15) is 19.8 Å². The number of benzene rings is 1. The van der Waals surface area contributed by atoms with Crippen LogP contribution in [0.5, 0.6) is 5.75 Å². The Morgan fingerprint density at radius 3 is 2.54 bits per heavy atom. The van der Waals surface area contributed by atoms with Gasteiger partial charge >= 0.3 is 0 Å². The summed E-state index contributed by atoms with van der Waals surface area (Å²) in [7, 11) is 0. The second kappa shape index (κ2) is 9.89. The second-order valence-corrected chi connectivity index (χ2v) is 7.74. The number of piperidine rings is 1. The number of carbonyl (C=O) groups excluding carboxylic acids is 2. The molecule has 2 fully saturated rings. The monoisotopic (exact) mass is 388 g/mol. The quantitative estimate of drug-likeness (QED) is 0.747. The van der Waals surface area contributed by atoms with Gasteiger partial charge in [-0.25, -0.2) is 0 Å². The Morgan fingerprint density at radius 1 is 1.14 bits per heavy atom. The molecular weight excluding hydrogens is 356 g/mol. The van der Waals surface area contributed by atoms with Gasteiger partial charge in [-0.15, -0.1) is 0 Å². The summed E-state index contributed by atoms with van der Waals surface area (Å²) in [6.07, 6.45) is 1.64. The summed E-state index contributed by atoms with van der Waals surface area (Å²) in [6.45, 7) is 8.32. The van der Waals surface area contributed by atoms with Crippen LogP contribution < -0.4 is 10.5 Å². The van der Waals surface area contributed by atoms with Crippen LogP contribution in [0.3, 0.4) is 0 Å². The highest BCUT2D eigenvalue weighted by atomic mass is 16.5. The van der Waals surface area contributed by atoms with Crippen molar-refractivity contribution in [2.45, 2.75) is 25.8 Å². The molecule has 0 radical (unpaired) electrons. The van der Waals surface area contributed by atoms with Crippen molar-refractivity contribution in [3.8, 4) is 5.75 Å². The zero-order valence-electron chi connectivity index (χ0n) is 16.8. The standard InChI is InChI=1S/C21H32N4O3/c1-17(21(27)25-9-5-6-18(16-25)20(22)26)24-12-10-23(11-13-24)14-15-28-19-7-3-2-4-8-19/h2-4,7-8,17-18H,5-6,9-16H2,1H3,(H2,22,26).